The number of fused-ring (bicyclic) bond motifs is 1. The molecule has 2 aliphatic heterocycles. The maximum absolute atomic E-state index is 13.4. The molecular formula is C27H41NO8. The summed E-state index contributed by atoms with van der Waals surface area (Å²) in [5.41, 5.74) is -3.94. The van der Waals surface area contributed by atoms with Crippen molar-refractivity contribution in [2.75, 3.05) is 41.2 Å². The summed E-state index contributed by atoms with van der Waals surface area (Å²) in [4.78, 5) is 15.3. The number of likely N-dealkylation sites (tertiary alicyclic amines) is 1. The number of esters is 1. The zero-order chi connectivity index (χ0) is 25.5. The second-order valence-corrected chi connectivity index (χ2v) is 12.9. The number of hydrogen-bond donors (Lipinski definition) is 1. The predicted octanol–water partition coefficient (Wildman–Crippen LogP) is 1.35. The van der Waals surface area contributed by atoms with Gasteiger partial charge >= 0.3 is 5.97 Å². The number of likely N-dealkylation sites (N-methyl/N-ethyl adjacent to an activating group) is 1. The Kier molecular flexibility index (Phi) is 4.87. The zero-order valence-electron chi connectivity index (χ0n) is 22.3. The lowest BCUT2D eigenvalue weighted by Gasteiger charge is -2.71. The van der Waals surface area contributed by atoms with Crippen molar-refractivity contribution in [2.45, 2.75) is 93.7 Å². The number of aliphatic hydroxyl groups is 1. The fourth-order valence-electron chi connectivity index (χ4n) is 11.7. The Morgan fingerprint density at radius 3 is 2.53 bits per heavy atom. The second-order valence-electron chi connectivity index (χ2n) is 12.9. The van der Waals surface area contributed by atoms with E-state index in [1.807, 2.05) is 0 Å². The highest BCUT2D eigenvalue weighted by Gasteiger charge is 2.97. The highest BCUT2D eigenvalue weighted by Crippen LogP contribution is 2.83. The van der Waals surface area contributed by atoms with Crippen LogP contribution in [0.2, 0.25) is 0 Å². The number of nitrogens with zero attached hydrogens (tertiary/aromatic N) is 1. The summed E-state index contributed by atoms with van der Waals surface area (Å²) in [6.07, 6.45) is 1.69. The van der Waals surface area contributed by atoms with Gasteiger partial charge < -0.3 is 33.5 Å². The molecule has 0 amide bonds. The summed E-state index contributed by atoms with van der Waals surface area (Å²) in [6, 6.07) is -0.224. The molecule has 202 valence electrons. The standard InChI is InChI=1S/C27H41NO8/c1-7-28-12-23(3)9-8-17(32-5)26-20(23)21(36-14(2)29)27(22(26)28)25(34-13-35-27)11-16(31-4)15-10-24(26,30)19(25)18(15)33-6/h15-22,30H,7-13H2,1-6H3/t15-,16+,17+,18+,19+,20-,21+,22+,23+,24+,25-,26?,27+/m1/s1. The first-order valence-electron chi connectivity index (χ1n) is 13.7. The van der Waals surface area contributed by atoms with Gasteiger partial charge in [0.05, 0.1) is 35.4 Å². The van der Waals surface area contributed by atoms with E-state index in [4.69, 9.17) is 28.4 Å². The number of methoxy groups -OCH3 is 3. The number of carbonyl (C=O) groups is 1. The van der Waals surface area contributed by atoms with Crippen LogP contribution in [0.5, 0.6) is 0 Å². The third-order valence-electron chi connectivity index (χ3n) is 12.2. The molecule has 0 aromatic heterocycles. The van der Waals surface area contributed by atoms with Crippen LogP contribution in [-0.4, -0.2) is 104 Å². The molecule has 7 fully saturated rings. The molecule has 3 spiro atoms. The smallest absolute Gasteiger partial charge is 0.303 e. The van der Waals surface area contributed by atoms with Gasteiger partial charge in [-0.15, -0.1) is 0 Å². The van der Waals surface area contributed by atoms with Gasteiger partial charge in [0.25, 0.3) is 0 Å². The maximum atomic E-state index is 13.4. The van der Waals surface area contributed by atoms with Crippen molar-refractivity contribution in [3.63, 3.8) is 0 Å². The normalized spacial score (nSPS) is 60.2. The monoisotopic (exact) mass is 507 g/mol. The van der Waals surface area contributed by atoms with E-state index in [1.165, 1.54) is 6.92 Å². The zero-order valence-corrected chi connectivity index (χ0v) is 22.3. The molecule has 9 nitrogen and oxygen atoms in total. The molecule has 2 heterocycles. The molecule has 2 saturated heterocycles. The molecule has 0 radical (unpaired) electrons. The van der Waals surface area contributed by atoms with E-state index in [2.05, 4.69) is 18.7 Å². The average Bonchev–Trinajstić information content (AvgIpc) is 3.40. The van der Waals surface area contributed by atoms with Gasteiger partial charge in [-0.3, -0.25) is 9.69 Å². The van der Waals surface area contributed by atoms with Crippen LogP contribution >= 0.6 is 0 Å². The molecular weight excluding hydrogens is 466 g/mol. The quantitative estimate of drug-likeness (QED) is 0.553. The number of rotatable bonds is 5. The van der Waals surface area contributed by atoms with E-state index in [-0.39, 0.29) is 60.3 Å². The van der Waals surface area contributed by atoms with Crippen LogP contribution in [0.3, 0.4) is 0 Å². The fourth-order valence-corrected chi connectivity index (χ4v) is 11.7. The molecule has 7 bridgehead atoms. The van der Waals surface area contributed by atoms with Gasteiger partial charge in [-0.1, -0.05) is 13.8 Å². The summed E-state index contributed by atoms with van der Waals surface area (Å²) in [7, 11) is 5.23. The number of hydrogen-bond acceptors (Lipinski definition) is 9. The lowest BCUT2D eigenvalue weighted by Crippen LogP contribution is -2.85. The largest absolute Gasteiger partial charge is 0.459 e. The summed E-state index contributed by atoms with van der Waals surface area (Å²) >= 11 is 0. The number of carbonyl (C=O) groups excluding carboxylic acids is 1. The molecule has 1 unspecified atom stereocenters. The van der Waals surface area contributed by atoms with Crippen molar-refractivity contribution in [3.8, 4) is 0 Å². The van der Waals surface area contributed by atoms with Crippen molar-refractivity contribution in [1.82, 2.24) is 4.90 Å². The molecule has 0 aromatic carbocycles. The van der Waals surface area contributed by atoms with E-state index in [1.54, 1.807) is 21.3 Å². The van der Waals surface area contributed by atoms with Gasteiger partial charge in [-0.05, 0) is 31.2 Å². The third kappa shape index (κ3) is 2.16. The van der Waals surface area contributed by atoms with Crippen LogP contribution < -0.4 is 0 Å². The summed E-state index contributed by atoms with van der Waals surface area (Å²) in [6.45, 7) is 7.72. The second kappa shape index (κ2) is 7.23. The third-order valence-corrected chi connectivity index (χ3v) is 12.2. The van der Waals surface area contributed by atoms with Crippen LogP contribution in [0.4, 0.5) is 0 Å². The highest BCUT2D eigenvalue weighted by molar-refractivity contribution is 5.67. The molecule has 7 rings (SSSR count). The first-order valence-corrected chi connectivity index (χ1v) is 13.7. The van der Waals surface area contributed by atoms with E-state index < -0.39 is 28.3 Å². The van der Waals surface area contributed by atoms with Crippen LogP contribution in [0, 0.1) is 28.6 Å². The Labute approximate surface area is 213 Å². The first kappa shape index (κ1) is 24.2. The van der Waals surface area contributed by atoms with Gasteiger partial charge in [0.1, 0.15) is 18.5 Å². The summed E-state index contributed by atoms with van der Waals surface area (Å²) in [5.74, 6) is -0.771. The molecule has 36 heavy (non-hydrogen) atoms. The van der Waals surface area contributed by atoms with E-state index in [0.717, 1.165) is 25.9 Å². The molecule has 5 aliphatic carbocycles. The van der Waals surface area contributed by atoms with Gasteiger partial charge in [-0.25, -0.2) is 0 Å². The van der Waals surface area contributed by atoms with E-state index in [0.29, 0.717) is 12.8 Å². The molecule has 5 saturated carbocycles. The van der Waals surface area contributed by atoms with Gasteiger partial charge in [0.2, 0.25) is 0 Å². The first-order chi connectivity index (χ1) is 17.2. The minimum Gasteiger partial charge on any atom is -0.459 e. The Bertz CT molecular complexity index is 979. The van der Waals surface area contributed by atoms with Crippen molar-refractivity contribution < 1.29 is 38.3 Å². The van der Waals surface area contributed by atoms with Crippen molar-refractivity contribution in [1.29, 1.82) is 0 Å². The van der Waals surface area contributed by atoms with E-state index >= 15 is 0 Å². The average molecular weight is 508 g/mol. The SMILES string of the molecule is CCN1C[C@]2(C)CC[C@H](OC)C34[C@@H]2[C@H](OC(C)=O)[C@]2(OCO[C@@]25C[C@H](OC)[C@H]2C[C@]3(O)[C@@H]5[C@H]2OC)[C@@H]14. The highest BCUT2D eigenvalue weighted by atomic mass is 16.7. The molecule has 1 N–H and O–H groups in total. The Hall–Kier alpha value is -0.810. The van der Waals surface area contributed by atoms with Crippen molar-refractivity contribution in [3.05, 3.63) is 0 Å². The van der Waals surface area contributed by atoms with Gasteiger partial charge in [0, 0.05) is 59.0 Å². The van der Waals surface area contributed by atoms with Gasteiger partial charge in [-0.2, -0.15) is 0 Å². The minimum absolute atomic E-state index is 0.0317. The molecule has 9 heteroatoms. The number of ether oxygens (including phenoxy) is 6. The Morgan fingerprint density at radius 1 is 1.11 bits per heavy atom. The minimum atomic E-state index is -1.16. The van der Waals surface area contributed by atoms with Crippen LogP contribution in [0.1, 0.15) is 46.5 Å². The van der Waals surface area contributed by atoms with Gasteiger partial charge in [0.15, 0.2) is 5.60 Å². The van der Waals surface area contributed by atoms with Crippen LogP contribution in [-0.2, 0) is 33.2 Å². The topological polar surface area (TPSA) is 95.9 Å². The molecule has 7 aliphatic rings. The van der Waals surface area contributed by atoms with Crippen molar-refractivity contribution in [2.24, 2.45) is 28.6 Å². The Morgan fingerprint density at radius 2 is 1.89 bits per heavy atom. The fraction of sp³-hybridized carbons (Fsp3) is 0.963. The van der Waals surface area contributed by atoms with E-state index in [9.17, 15) is 9.90 Å². The molecule has 13 atom stereocenters. The molecule has 0 aromatic rings. The maximum Gasteiger partial charge on any atom is 0.303 e. The lowest BCUT2D eigenvalue weighted by molar-refractivity contribution is -0.332. The number of piperidine rings is 1. The van der Waals surface area contributed by atoms with Crippen molar-refractivity contribution >= 4 is 5.97 Å². The summed E-state index contributed by atoms with van der Waals surface area (Å²) in [5, 5.41) is 13.4. The summed E-state index contributed by atoms with van der Waals surface area (Å²) < 4.78 is 38.7. The lowest BCUT2D eigenvalue weighted by atomic mass is 9.41. The predicted molar refractivity (Wildman–Crippen MR) is 126 cm³/mol. The van der Waals surface area contributed by atoms with Crippen LogP contribution in [0.25, 0.3) is 0 Å². The Balaban J connectivity index is 1.61. The van der Waals surface area contributed by atoms with Crippen LogP contribution in [0.15, 0.2) is 0 Å².